The van der Waals surface area contributed by atoms with Gasteiger partial charge in [0, 0.05) is 5.33 Å². The van der Waals surface area contributed by atoms with Crippen molar-refractivity contribution in [3.05, 3.63) is 12.2 Å². The summed E-state index contributed by atoms with van der Waals surface area (Å²) >= 11 is 3.37. The fraction of sp³-hybridized carbons (Fsp3) is 0.750. The molecule has 0 aliphatic rings. The van der Waals surface area contributed by atoms with Crippen LogP contribution in [0, 0.1) is 5.92 Å². The van der Waals surface area contributed by atoms with Crippen LogP contribution in [0.2, 0.25) is 0 Å². The molecule has 0 nitrogen and oxygen atoms in total. The summed E-state index contributed by atoms with van der Waals surface area (Å²) in [6.07, 6.45) is 6.86. The van der Waals surface area contributed by atoms with Crippen LogP contribution in [0.1, 0.15) is 26.7 Å². The van der Waals surface area contributed by atoms with Crippen LogP contribution in [-0.2, 0) is 0 Å². The van der Waals surface area contributed by atoms with E-state index < -0.39 is 0 Å². The third-order valence-corrected chi connectivity index (χ3v) is 1.51. The molecule has 0 fully saturated rings. The first-order chi connectivity index (χ1) is 4.27. The third kappa shape index (κ3) is 8.22. The molecule has 0 aromatic heterocycles. The molecular formula is C8H15Br. The molecule has 0 saturated carbocycles. The average molecular weight is 191 g/mol. The lowest BCUT2D eigenvalue weighted by Crippen LogP contribution is -1.80. The minimum atomic E-state index is 0.802. The number of hydrogen-bond donors (Lipinski definition) is 0. The Hall–Kier alpha value is 0.220. The molecule has 0 heterocycles. The van der Waals surface area contributed by atoms with Crippen LogP contribution in [0.4, 0.5) is 0 Å². The zero-order valence-corrected chi connectivity index (χ0v) is 7.82. The van der Waals surface area contributed by atoms with Gasteiger partial charge >= 0.3 is 0 Å². The minimum absolute atomic E-state index is 0.802. The Kier molecular flexibility index (Phi) is 6.50. The summed E-state index contributed by atoms with van der Waals surface area (Å²) in [5.41, 5.74) is 0. The van der Waals surface area contributed by atoms with Crippen LogP contribution >= 0.6 is 15.9 Å². The molecule has 0 bridgehead atoms. The Labute approximate surface area is 66.5 Å². The van der Waals surface area contributed by atoms with E-state index in [1.165, 1.54) is 6.42 Å². The summed E-state index contributed by atoms with van der Waals surface area (Å²) in [5.74, 6) is 0.802. The summed E-state index contributed by atoms with van der Waals surface area (Å²) in [6.45, 7) is 4.47. The van der Waals surface area contributed by atoms with Crippen molar-refractivity contribution in [2.45, 2.75) is 26.7 Å². The lowest BCUT2D eigenvalue weighted by molar-refractivity contribution is 0.662. The van der Waals surface area contributed by atoms with E-state index in [0.29, 0.717) is 0 Å². The Balaban J connectivity index is 3.04. The fourth-order valence-electron chi connectivity index (χ4n) is 0.549. The molecule has 0 aromatic carbocycles. The van der Waals surface area contributed by atoms with Gasteiger partial charge in [-0.05, 0) is 18.8 Å². The van der Waals surface area contributed by atoms with E-state index in [0.717, 1.165) is 17.7 Å². The van der Waals surface area contributed by atoms with Gasteiger partial charge in [0.15, 0.2) is 0 Å². The van der Waals surface area contributed by atoms with E-state index in [-0.39, 0.29) is 0 Å². The molecule has 0 aromatic rings. The molecule has 0 rings (SSSR count). The molecule has 0 spiro atoms. The Morgan fingerprint density at radius 2 is 2.00 bits per heavy atom. The second kappa shape index (κ2) is 6.34. The quantitative estimate of drug-likeness (QED) is 0.472. The van der Waals surface area contributed by atoms with Crippen molar-refractivity contribution < 1.29 is 0 Å². The first-order valence-corrected chi connectivity index (χ1v) is 4.60. The highest BCUT2D eigenvalue weighted by Crippen LogP contribution is 2.00. The van der Waals surface area contributed by atoms with E-state index in [4.69, 9.17) is 0 Å². The smallest absolute Gasteiger partial charge is 0.00659 e. The molecule has 1 heteroatoms. The molecule has 0 atom stereocenters. The van der Waals surface area contributed by atoms with Crippen LogP contribution in [0.5, 0.6) is 0 Å². The molecule has 0 saturated heterocycles. The Bertz CT molecular complexity index is 74.6. The second-order valence-electron chi connectivity index (χ2n) is 2.58. The molecule has 9 heavy (non-hydrogen) atoms. The van der Waals surface area contributed by atoms with Gasteiger partial charge in [0.05, 0.1) is 0 Å². The standard InChI is InChI=1S/C8H15Br/c1-8(2)6-4-3-5-7-9/h3-4,8H,5-7H2,1-2H3. The fourth-order valence-corrected chi connectivity index (χ4v) is 0.814. The predicted octanol–water partition coefficient (Wildman–Crippen LogP) is 3.37. The minimum Gasteiger partial charge on any atom is -0.0925 e. The second-order valence-corrected chi connectivity index (χ2v) is 3.37. The molecule has 0 aliphatic heterocycles. The van der Waals surface area contributed by atoms with E-state index in [1.54, 1.807) is 0 Å². The third-order valence-electron chi connectivity index (χ3n) is 1.05. The van der Waals surface area contributed by atoms with Crippen LogP contribution in [0.3, 0.4) is 0 Å². The summed E-state index contributed by atoms with van der Waals surface area (Å²) in [4.78, 5) is 0. The number of alkyl halides is 1. The van der Waals surface area contributed by atoms with Crippen LogP contribution in [0.15, 0.2) is 12.2 Å². The monoisotopic (exact) mass is 190 g/mol. The molecule has 0 N–H and O–H groups in total. The number of allylic oxidation sites excluding steroid dienone is 2. The van der Waals surface area contributed by atoms with Gasteiger partial charge in [-0.3, -0.25) is 0 Å². The maximum absolute atomic E-state index is 3.37. The van der Waals surface area contributed by atoms with E-state index >= 15 is 0 Å². The highest BCUT2D eigenvalue weighted by Gasteiger charge is 1.85. The van der Waals surface area contributed by atoms with Gasteiger partial charge in [-0.15, -0.1) is 0 Å². The molecule has 54 valence electrons. The van der Waals surface area contributed by atoms with Crippen molar-refractivity contribution in [3.63, 3.8) is 0 Å². The molecular weight excluding hydrogens is 176 g/mol. The van der Waals surface area contributed by atoms with Crippen molar-refractivity contribution in [3.8, 4) is 0 Å². The van der Waals surface area contributed by atoms with Crippen molar-refractivity contribution in [2.24, 2.45) is 5.92 Å². The van der Waals surface area contributed by atoms with E-state index in [1.807, 2.05) is 0 Å². The summed E-state index contributed by atoms with van der Waals surface area (Å²) in [5, 5.41) is 1.08. The molecule has 0 aliphatic carbocycles. The van der Waals surface area contributed by atoms with Gasteiger partial charge < -0.3 is 0 Å². The highest BCUT2D eigenvalue weighted by molar-refractivity contribution is 9.09. The predicted molar refractivity (Wildman–Crippen MR) is 47.0 cm³/mol. The first-order valence-electron chi connectivity index (χ1n) is 3.48. The Morgan fingerprint density at radius 1 is 1.33 bits per heavy atom. The molecule has 0 radical (unpaired) electrons. The van der Waals surface area contributed by atoms with Crippen molar-refractivity contribution >= 4 is 15.9 Å². The molecule has 0 unspecified atom stereocenters. The first kappa shape index (κ1) is 9.22. The van der Waals surface area contributed by atoms with Gasteiger partial charge in [0.25, 0.3) is 0 Å². The van der Waals surface area contributed by atoms with Gasteiger partial charge in [0.1, 0.15) is 0 Å². The van der Waals surface area contributed by atoms with Gasteiger partial charge in [-0.25, -0.2) is 0 Å². The number of hydrogen-bond acceptors (Lipinski definition) is 0. The van der Waals surface area contributed by atoms with Crippen molar-refractivity contribution in [1.82, 2.24) is 0 Å². The molecule has 0 amide bonds. The average Bonchev–Trinajstić information content (AvgIpc) is 1.80. The van der Waals surface area contributed by atoms with E-state index in [9.17, 15) is 0 Å². The van der Waals surface area contributed by atoms with E-state index in [2.05, 4.69) is 41.9 Å². The van der Waals surface area contributed by atoms with Gasteiger partial charge in [-0.2, -0.15) is 0 Å². The van der Waals surface area contributed by atoms with Gasteiger partial charge in [0.2, 0.25) is 0 Å². The van der Waals surface area contributed by atoms with Crippen LogP contribution in [-0.4, -0.2) is 5.33 Å². The number of rotatable bonds is 4. The SMILES string of the molecule is CC(C)CC=CCCBr. The zero-order chi connectivity index (χ0) is 7.11. The Morgan fingerprint density at radius 3 is 2.44 bits per heavy atom. The topological polar surface area (TPSA) is 0 Å². The summed E-state index contributed by atoms with van der Waals surface area (Å²) in [7, 11) is 0. The van der Waals surface area contributed by atoms with Crippen molar-refractivity contribution in [1.29, 1.82) is 0 Å². The summed E-state index contributed by atoms with van der Waals surface area (Å²) < 4.78 is 0. The van der Waals surface area contributed by atoms with Crippen LogP contribution in [0.25, 0.3) is 0 Å². The summed E-state index contributed by atoms with van der Waals surface area (Å²) in [6, 6.07) is 0. The number of halogens is 1. The lowest BCUT2D eigenvalue weighted by atomic mass is 10.1. The zero-order valence-electron chi connectivity index (χ0n) is 6.23. The lowest BCUT2D eigenvalue weighted by Gasteiger charge is -1.95. The maximum Gasteiger partial charge on any atom is 0.00659 e. The van der Waals surface area contributed by atoms with Gasteiger partial charge in [-0.1, -0.05) is 41.9 Å². The largest absolute Gasteiger partial charge is 0.0925 e. The van der Waals surface area contributed by atoms with Crippen LogP contribution < -0.4 is 0 Å². The van der Waals surface area contributed by atoms with Crippen molar-refractivity contribution in [2.75, 3.05) is 5.33 Å². The normalized spacial score (nSPS) is 11.6. The highest BCUT2D eigenvalue weighted by atomic mass is 79.9. The maximum atomic E-state index is 3.37.